The molecule has 0 saturated carbocycles. The Hall–Kier alpha value is 0.260. The normalized spacial score (nSPS) is 12.6. The van der Waals surface area contributed by atoms with Crippen LogP contribution in [0.2, 0.25) is 10.0 Å². The van der Waals surface area contributed by atoms with Crippen LogP contribution in [0.25, 0.3) is 5.69 Å². The predicted octanol–water partition coefficient (Wildman–Crippen LogP) is 5.22. The predicted molar refractivity (Wildman–Crippen MR) is 101 cm³/mol. The van der Waals surface area contributed by atoms with Crippen molar-refractivity contribution in [2.45, 2.75) is 7.84 Å². The largest absolute Gasteiger partial charge is 0.363 e. The van der Waals surface area contributed by atoms with Gasteiger partial charge in [-0.25, -0.2) is 14.2 Å². The number of halogens is 8. The fraction of sp³-hybridized carbons (Fsp3) is 0.200. The summed E-state index contributed by atoms with van der Waals surface area (Å²) in [6, 6.07) is 3.80. The summed E-state index contributed by atoms with van der Waals surface area (Å²) in [6.07, 6.45) is 0. The van der Waals surface area contributed by atoms with Crippen LogP contribution in [-0.4, -0.2) is 20.6 Å². The Kier molecular flexibility index (Phi) is 6.65. The van der Waals surface area contributed by atoms with Gasteiger partial charge in [0.2, 0.25) is 0 Å². The van der Waals surface area contributed by atoms with Crippen molar-refractivity contribution in [1.82, 2.24) is 12.7 Å². The molecule has 0 aliphatic rings. The molecule has 1 heterocycles. The third-order valence-corrected chi connectivity index (χ3v) is 5.49. The van der Waals surface area contributed by atoms with Gasteiger partial charge in [0.05, 0.1) is 39.6 Å². The van der Waals surface area contributed by atoms with E-state index < -0.39 is 19.2 Å². The number of hydrogen-bond donors (Lipinski definition) is 0. The number of hydrogen-bond acceptors (Lipinski definition) is 4. The average Bonchev–Trinajstić information content (AvgIpc) is 2.63. The van der Waals surface area contributed by atoms with E-state index in [2.05, 4.69) is 0 Å². The Morgan fingerprint density at radius 3 is 1.64 bits per heavy atom. The van der Waals surface area contributed by atoms with Gasteiger partial charge in [-0.3, -0.25) is 0 Å². The Morgan fingerprint density at radius 2 is 1.28 bits per heavy atom. The minimum absolute atomic E-state index is 0.0275. The molecular formula is C10H3Cl6F2N3O2S2. The zero-order valence-corrected chi connectivity index (χ0v) is 17.4. The van der Waals surface area contributed by atoms with Crippen molar-refractivity contribution in [2.24, 2.45) is 0 Å². The highest BCUT2D eigenvalue weighted by Crippen LogP contribution is 2.40. The molecule has 0 aliphatic heterocycles. The lowest BCUT2D eigenvalue weighted by molar-refractivity contribution is 0.508. The average molecular weight is 512 g/mol. The minimum atomic E-state index is -3.01. The van der Waals surface area contributed by atoms with Crippen molar-refractivity contribution in [3.63, 3.8) is 0 Å². The molecule has 0 amide bonds. The van der Waals surface area contributed by atoms with E-state index in [9.17, 15) is 18.4 Å². The molecule has 2 rings (SSSR count). The van der Waals surface area contributed by atoms with Crippen LogP contribution in [0.15, 0.2) is 27.8 Å². The lowest BCUT2D eigenvalue weighted by atomic mass is 10.3. The number of rotatable bonds is 5. The Morgan fingerprint density at radius 1 is 0.840 bits per heavy atom. The van der Waals surface area contributed by atoms with E-state index in [0.29, 0.717) is 12.7 Å². The second-order valence-corrected chi connectivity index (χ2v) is 10.5. The lowest BCUT2D eigenvalue weighted by Crippen LogP contribution is -2.27. The third-order valence-electron chi connectivity index (χ3n) is 2.42. The highest BCUT2D eigenvalue weighted by Gasteiger charge is 2.34. The topological polar surface area (TPSA) is 48.9 Å². The highest BCUT2D eigenvalue weighted by molar-refractivity contribution is 8.04. The maximum absolute atomic E-state index is 13.5. The van der Waals surface area contributed by atoms with E-state index in [-0.39, 0.29) is 39.6 Å². The molecule has 0 fully saturated rings. The first-order valence-electron chi connectivity index (χ1n) is 5.75. The quantitative estimate of drug-likeness (QED) is 0.517. The fourth-order valence-corrected chi connectivity index (χ4v) is 3.88. The zero-order chi connectivity index (χ0) is 19.2. The van der Waals surface area contributed by atoms with Gasteiger partial charge in [-0.05, 0) is 18.2 Å². The number of benzene rings is 1. The van der Waals surface area contributed by atoms with Crippen LogP contribution >= 0.6 is 93.5 Å². The molecule has 2 aromatic rings. The van der Waals surface area contributed by atoms with Crippen LogP contribution in [0.1, 0.15) is 0 Å². The van der Waals surface area contributed by atoms with Crippen molar-refractivity contribution in [1.29, 1.82) is 0 Å². The van der Waals surface area contributed by atoms with E-state index >= 15 is 0 Å². The number of nitrogens with zero attached hydrogens (tertiary/aromatic N) is 3. The minimum Gasteiger partial charge on any atom is -0.244 e. The van der Waals surface area contributed by atoms with Gasteiger partial charge in [0, 0.05) is 0 Å². The molecule has 0 spiro atoms. The Balaban J connectivity index is 2.73. The Labute approximate surface area is 176 Å². The van der Waals surface area contributed by atoms with Gasteiger partial charge in [-0.2, -0.15) is 17.0 Å². The molecule has 0 atom stereocenters. The fourth-order valence-electron chi connectivity index (χ4n) is 1.60. The standard InChI is InChI=1S/C10H3Cl6F2N3O2S2/c11-5-2-1-4(3-6(5)12)19-7(22)20(24-9(13,14)17)21(8(19)23)25-10(15,16)18/h1-3H. The molecule has 0 bridgehead atoms. The molecule has 0 aliphatic carbocycles. The van der Waals surface area contributed by atoms with Crippen molar-refractivity contribution >= 4 is 93.5 Å². The van der Waals surface area contributed by atoms with Gasteiger partial charge in [0.15, 0.2) is 0 Å². The molecule has 25 heavy (non-hydrogen) atoms. The molecule has 0 N–H and O–H groups in total. The van der Waals surface area contributed by atoms with Crippen LogP contribution in [-0.2, 0) is 0 Å². The van der Waals surface area contributed by atoms with Crippen molar-refractivity contribution < 1.29 is 8.78 Å². The van der Waals surface area contributed by atoms with Crippen LogP contribution in [0, 0.1) is 0 Å². The second kappa shape index (κ2) is 7.71. The first kappa shape index (κ1) is 21.6. The van der Waals surface area contributed by atoms with Gasteiger partial charge in [0.1, 0.15) is 0 Å². The zero-order valence-electron chi connectivity index (χ0n) is 11.2. The summed E-state index contributed by atoms with van der Waals surface area (Å²) in [5.74, 6) is 0. The summed E-state index contributed by atoms with van der Waals surface area (Å²) in [4.78, 5) is 24.9. The summed E-state index contributed by atoms with van der Waals surface area (Å²) >= 11 is 32.2. The summed E-state index contributed by atoms with van der Waals surface area (Å²) in [5, 5.41) is 0.199. The molecule has 138 valence electrons. The van der Waals surface area contributed by atoms with E-state index in [1.54, 1.807) is 0 Å². The van der Waals surface area contributed by atoms with Gasteiger partial charge < -0.3 is 0 Å². The van der Waals surface area contributed by atoms with Crippen molar-refractivity contribution in [3.05, 3.63) is 49.2 Å². The monoisotopic (exact) mass is 509 g/mol. The molecule has 1 aromatic heterocycles. The van der Waals surface area contributed by atoms with Gasteiger partial charge >= 0.3 is 19.2 Å². The second-order valence-electron chi connectivity index (χ2n) is 4.12. The first-order valence-corrected chi connectivity index (χ1v) is 9.56. The van der Waals surface area contributed by atoms with Gasteiger partial charge in [0.25, 0.3) is 0 Å². The lowest BCUT2D eigenvalue weighted by Gasteiger charge is -2.13. The van der Waals surface area contributed by atoms with Crippen molar-refractivity contribution in [2.75, 3.05) is 0 Å². The Bertz CT molecular complexity index is 870. The van der Waals surface area contributed by atoms with Crippen LogP contribution in [0.3, 0.4) is 0 Å². The van der Waals surface area contributed by atoms with E-state index in [4.69, 9.17) is 69.6 Å². The number of aromatic nitrogens is 3. The molecular weight excluding hydrogens is 509 g/mol. The van der Waals surface area contributed by atoms with E-state index in [0.717, 1.165) is 0 Å². The molecule has 1 aromatic carbocycles. The molecule has 0 unspecified atom stereocenters. The highest BCUT2D eigenvalue weighted by atomic mass is 35.5. The van der Waals surface area contributed by atoms with E-state index in [1.807, 2.05) is 0 Å². The first-order chi connectivity index (χ1) is 11.3. The maximum Gasteiger partial charge on any atom is 0.363 e. The molecule has 5 nitrogen and oxygen atoms in total. The summed E-state index contributed by atoms with van der Waals surface area (Å²) < 4.78 is 22.3. The smallest absolute Gasteiger partial charge is 0.244 e. The van der Waals surface area contributed by atoms with Crippen molar-refractivity contribution in [3.8, 4) is 5.69 Å². The van der Waals surface area contributed by atoms with Gasteiger partial charge in [-0.15, -0.1) is 0 Å². The van der Waals surface area contributed by atoms with Crippen LogP contribution in [0.5, 0.6) is 0 Å². The SMILES string of the molecule is O=c1n(-c2ccc(Cl)c(Cl)c2)c(=O)n(SC(F)(Cl)Cl)n1SC(F)(Cl)Cl. The summed E-state index contributed by atoms with van der Waals surface area (Å²) in [6.45, 7) is 0. The van der Waals surface area contributed by atoms with Gasteiger partial charge in [-0.1, -0.05) is 69.6 Å². The number of alkyl halides is 6. The van der Waals surface area contributed by atoms with Crippen LogP contribution in [0.4, 0.5) is 8.78 Å². The maximum atomic E-state index is 13.5. The summed E-state index contributed by atoms with van der Waals surface area (Å²) in [7, 11) is 0. The third kappa shape index (κ3) is 5.38. The molecule has 0 radical (unpaired) electrons. The van der Waals surface area contributed by atoms with E-state index in [1.165, 1.54) is 18.2 Å². The molecule has 15 heteroatoms. The molecule has 0 saturated heterocycles. The van der Waals surface area contributed by atoms with Crippen LogP contribution < -0.4 is 11.4 Å². The summed E-state index contributed by atoms with van der Waals surface area (Å²) in [5.41, 5.74) is -2.27.